The van der Waals surface area contributed by atoms with Gasteiger partial charge in [0.1, 0.15) is 0 Å². The molecule has 1 rings (SSSR count). The van der Waals surface area contributed by atoms with Gasteiger partial charge in [0.05, 0.1) is 6.54 Å². The first-order chi connectivity index (χ1) is 8.34. The van der Waals surface area contributed by atoms with E-state index in [2.05, 4.69) is 45.3 Å². The Balaban J connectivity index is 2.30. The molecular weight excluding hydrogens is 224 g/mol. The van der Waals surface area contributed by atoms with Gasteiger partial charge in [-0.1, -0.05) is 20.8 Å². The molecule has 0 aliphatic heterocycles. The normalized spacial score (nSPS) is 29.1. The molecule has 0 bridgehead atoms. The van der Waals surface area contributed by atoms with E-state index in [-0.39, 0.29) is 11.4 Å². The summed E-state index contributed by atoms with van der Waals surface area (Å²) >= 11 is 0. The molecule has 3 heteroatoms. The minimum absolute atomic E-state index is 0.0918. The molecule has 106 valence electrons. The van der Waals surface area contributed by atoms with Gasteiger partial charge in [0, 0.05) is 11.6 Å². The first-order valence-electron chi connectivity index (χ1n) is 7.38. The molecule has 3 atom stereocenters. The predicted octanol–water partition coefficient (Wildman–Crippen LogP) is 2.71. The molecule has 18 heavy (non-hydrogen) atoms. The van der Waals surface area contributed by atoms with Crippen molar-refractivity contribution in [2.75, 3.05) is 6.54 Å². The summed E-state index contributed by atoms with van der Waals surface area (Å²) in [5.74, 6) is 1.64. The molecule has 0 heterocycles. The molecule has 1 amide bonds. The molecule has 2 N–H and O–H groups in total. The van der Waals surface area contributed by atoms with Crippen LogP contribution in [0, 0.1) is 11.8 Å². The van der Waals surface area contributed by atoms with Crippen LogP contribution in [0.1, 0.15) is 60.3 Å². The lowest BCUT2D eigenvalue weighted by Gasteiger charge is -2.33. The van der Waals surface area contributed by atoms with E-state index in [0.29, 0.717) is 18.5 Å². The highest BCUT2D eigenvalue weighted by Crippen LogP contribution is 2.28. The van der Waals surface area contributed by atoms with E-state index in [4.69, 9.17) is 0 Å². The summed E-state index contributed by atoms with van der Waals surface area (Å²) in [5.41, 5.74) is -0.0918. The van der Waals surface area contributed by atoms with Crippen LogP contribution in [0.25, 0.3) is 0 Å². The van der Waals surface area contributed by atoms with E-state index in [1.54, 1.807) is 0 Å². The van der Waals surface area contributed by atoms with Crippen LogP contribution in [0.5, 0.6) is 0 Å². The van der Waals surface area contributed by atoms with Crippen molar-refractivity contribution in [3.8, 4) is 0 Å². The monoisotopic (exact) mass is 254 g/mol. The first-order valence-corrected chi connectivity index (χ1v) is 7.38. The smallest absolute Gasteiger partial charge is 0.234 e. The summed E-state index contributed by atoms with van der Waals surface area (Å²) in [4.78, 5) is 11.9. The molecule has 3 unspecified atom stereocenters. The fourth-order valence-corrected chi connectivity index (χ4v) is 2.70. The molecular formula is C15H30N2O. The molecule has 3 nitrogen and oxygen atoms in total. The summed E-state index contributed by atoms with van der Waals surface area (Å²) < 4.78 is 0. The van der Waals surface area contributed by atoms with E-state index in [9.17, 15) is 4.79 Å². The highest BCUT2D eigenvalue weighted by molar-refractivity contribution is 5.78. The van der Waals surface area contributed by atoms with Crippen LogP contribution in [0.15, 0.2) is 0 Å². The SMILES string of the molecule is CCC(C)(C)NC(=O)CNC1CCC(C)CC1C. The lowest BCUT2D eigenvalue weighted by Crippen LogP contribution is -2.49. The molecule has 1 aliphatic rings. The van der Waals surface area contributed by atoms with Crippen molar-refractivity contribution < 1.29 is 4.79 Å². The number of hydrogen-bond donors (Lipinski definition) is 2. The van der Waals surface area contributed by atoms with E-state index in [0.717, 1.165) is 12.3 Å². The van der Waals surface area contributed by atoms with Crippen LogP contribution >= 0.6 is 0 Å². The summed E-state index contributed by atoms with van der Waals surface area (Å²) in [5, 5.41) is 6.49. The number of amides is 1. The standard InChI is InChI=1S/C15H30N2O/c1-6-15(4,5)17-14(18)10-16-13-8-7-11(2)9-12(13)3/h11-13,16H,6-10H2,1-5H3,(H,17,18). The zero-order valence-corrected chi connectivity index (χ0v) is 12.7. The van der Waals surface area contributed by atoms with E-state index in [1.165, 1.54) is 19.3 Å². The minimum atomic E-state index is -0.0918. The van der Waals surface area contributed by atoms with Crippen LogP contribution in [0.3, 0.4) is 0 Å². The van der Waals surface area contributed by atoms with Crippen molar-refractivity contribution in [3.63, 3.8) is 0 Å². The third kappa shape index (κ3) is 4.97. The van der Waals surface area contributed by atoms with E-state index >= 15 is 0 Å². The average Bonchev–Trinajstić information content (AvgIpc) is 2.27. The topological polar surface area (TPSA) is 41.1 Å². The third-order valence-electron chi connectivity index (χ3n) is 4.32. The Labute approximate surface area is 112 Å². The van der Waals surface area contributed by atoms with Gasteiger partial charge in [-0.3, -0.25) is 4.79 Å². The summed E-state index contributed by atoms with van der Waals surface area (Å²) in [6.45, 7) is 11.3. The van der Waals surface area contributed by atoms with E-state index in [1.807, 2.05) is 0 Å². The maximum atomic E-state index is 11.9. The largest absolute Gasteiger partial charge is 0.350 e. The van der Waals surface area contributed by atoms with Crippen LogP contribution < -0.4 is 10.6 Å². The zero-order chi connectivity index (χ0) is 13.8. The lowest BCUT2D eigenvalue weighted by atomic mass is 9.80. The van der Waals surface area contributed by atoms with Crippen molar-refractivity contribution >= 4 is 5.91 Å². The van der Waals surface area contributed by atoms with Gasteiger partial charge < -0.3 is 10.6 Å². The fraction of sp³-hybridized carbons (Fsp3) is 0.933. The van der Waals surface area contributed by atoms with Crippen molar-refractivity contribution in [2.45, 2.75) is 71.9 Å². The predicted molar refractivity (Wildman–Crippen MR) is 76.5 cm³/mol. The van der Waals surface area contributed by atoms with E-state index < -0.39 is 0 Å². The van der Waals surface area contributed by atoms with Crippen LogP contribution in [0.2, 0.25) is 0 Å². The van der Waals surface area contributed by atoms with Gasteiger partial charge in [0.2, 0.25) is 5.91 Å². The van der Waals surface area contributed by atoms with Crippen molar-refractivity contribution in [2.24, 2.45) is 11.8 Å². The Morgan fingerprint density at radius 3 is 2.50 bits per heavy atom. The van der Waals surface area contributed by atoms with Gasteiger partial charge in [-0.05, 0) is 51.4 Å². The summed E-state index contributed by atoms with van der Waals surface area (Å²) in [7, 11) is 0. The zero-order valence-electron chi connectivity index (χ0n) is 12.7. The molecule has 1 saturated carbocycles. The second-order valence-electron chi connectivity index (χ2n) is 6.67. The van der Waals surface area contributed by atoms with Crippen molar-refractivity contribution in [3.05, 3.63) is 0 Å². The molecule has 0 aromatic carbocycles. The number of carbonyl (C=O) groups excluding carboxylic acids is 1. The van der Waals surface area contributed by atoms with Gasteiger partial charge in [-0.25, -0.2) is 0 Å². The van der Waals surface area contributed by atoms with Crippen LogP contribution in [0.4, 0.5) is 0 Å². The second kappa shape index (κ2) is 6.55. The summed E-state index contributed by atoms with van der Waals surface area (Å²) in [6, 6.07) is 0.511. The Morgan fingerprint density at radius 1 is 1.28 bits per heavy atom. The molecule has 1 aliphatic carbocycles. The van der Waals surface area contributed by atoms with Gasteiger partial charge >= 0.3 is 0 Å². The maximum absolute atomic E-state index is 11.9. The molecule has 0 aromatic heterocycles. The summed E-state index contributed by atoms with van der Waals surface area (Å²) in [6.07, 6.45) is 4.71. The minimum Gasteiger partial charge on any atom is -0.350 e. The Hall–Kier alpha value is -0.570. The second-order valence-corrected chi connectivity index (χ2v) is 6.67. The molecule has 0 saturated heterocycles. The lowest BCUT2D eigenvalue weighted by molar-refractivity contribution is -0.122. The van der Waals surface area contributed by atoms with Crippen molar-refractivity contribution in [1.82, 2.24) is 10.6 Å². The Morgan fingerprint density at radius 2 is 1.94 bits per heavy atom. The number of carbonyl (C=O) groups is 1. The number of rotatable bonds is 5. The van der Waals surface area contributed by atoms with Crippen LogP contribution in [-0.2, 0) is 4.79 Å². The molecule has 1 fully saturated rings. The van der Waals surface area contributed by atoms with Gasteiger partial charge in [0.25, 0.3) is 0 Å². The Bertz CT molecular complexity index is 276. The Kier molecular flexibility index (Phi) is 5.64. The molecule has 0 aromatic rings. The highest BCUT2D eigenvalue weighted by atomic mass is 16.2. The van der Waals surface area contributed by atoms with Gasteiger partial charge in [0.15, 0.2) is 0 Å². The van der Waals surface area contributed by atoms with Gasteiger partial charge in [-0.2, -0.15) is 0 Å². The fourth-order valence-electron chi connectivity index (χ4n) is 2.70. The first kappa shape index (κ1) is 15.5. The number of hydrogen-bond acceptors (Lipinski definition) is 2. The third-order valence-corrected chi connectivity index (χ3v) is 4.32. The number of nitrogens with one attached hydrogen (secondary N) is 2. The molecule has 0 radical (unpaired) electrons. The molecule has 0 spiro atoms. The quantitative estimate of drug-likeness (QED) is 0.792. The van der Waals surface area contributed by atoms with Crippen LogP contribution in [-0.4, -0.2) is 24.0 Å². The van der Waals surface area contributed by atoms with Gasteiger partial charge in [-0.15, -0.1) is 0 Å². The average molecular weight is 254 g/mol. The highest BCUT2D eigenvalue weighted by Gasteiger charge is 2.25. The van der Waals surface area contributed by atoms with Crippen molar-refractivity contribution in [1.29, 1.82) is 0 Å². The maximum Gasteiger partial charge on any atom is 0.234 e.